The molecule has 15 heavy (non-hydrogen) atoms. The average molecular weight is 194 g/mol. The summed E-state index contributed by atoms with van der Waals surface area (Å²) in [4.78, 5) is 8.67. The van der Waals surface area contributed by atoms with Crippen molar-refractivity contribution in [1.82, 2.24) is 9.97 Å². The van der Waals surface area contributed by atoms with E-state index in [4.69, 9.17) is 0 Å². The van der Waals surface area contributed by atoms with Gasteiger partial charge in [0, 0.05) is 22.7 Å². The first-order chi connectivity index (χ1) is 7.27. The Morgan fingerprint density at radius 1 is 1.07 bits per heavy atom. The van der Waals surface area contributed by atoms with Gasteiger partial charge < -0.3 is 0 Å². The molecule has 2 aromatic heterocycles. The highest BCUT2D eigenvalue weighted by atomic mass is 14.7. The molecule has 0 bridgehead atoms. The molecule has 0 atom stereocenters. The van der Waals surface area contributed by atoms with E-state index in [2.05, 4.69) is 22.6 Å². The molecule has 0 aliphatic heterocycles. The van der Waals surface area contributed by atoms with Crippen molar-refractivity contribution in [2.75, 3.05) is 0 Å². The van der Waals surface area contributed by atoms with Crippen molar-refractivity contribution in [3.05, 3.63) is 41.5 Å². The molecule has 2 nitrogen and oxygen atoms in total. The predicted octanol–water partition coefficient (Wildman–Crippen LogP) is 2.22. The van der Waals surface area contributed by atoms with Crippen molar-refractivity contribution >= 4 is 28.3 Å². The molecular formula is C13H10N2. The van der Waals surface area contributed by atoms with Crippen molar-refractivity contribution in [3.63, 3.8) is 0 Å². The van der Waals surface area contributed by atoms with E-state index in [1.807, 2.05) is 31.5 Å². The zero-order valence-electron chi connectivity index (χ0n) is 8.49. The summed E-state index contributed by atoms with van der Waals surface area (Å²) in [5.41, 5.74) is 1.96. The van der Waals surface area contributed by atoms with Gasteiger partial charge in [0.2, 0.25) is 0 Å². The maximum Gasteiger partial charge on any atom is 0.0897 e. The second kappa shape index (κ2) is 2.76. The van der Waals surface area contributed by atoms with Crippen LogP contribution in [0.1, 0.15) is 5.69 Å². The first-order valence-corrected chi connectivity index (χ1v) is 4.89. The van der Waals surface area contributed by atoms with Gasteiger partial charge in [0.1, 0.15) is 0 Å². The third kappa shape index (κ3) is 1.05. The van der Waals surface area contributed by atoms with Crippen LogP contribution in [0.3, 0.4) is 0 Å². The van der Waals surface area contributed by atoms with Crippen LogP contribution >= 0.6 is 0 Å². The van der Waals surface area contributed by atoms with Gasteiger partial charge in [-0.25, -0.2) is 0 Å². The molecule has 3 rings (SSSR count). The molecule has 0 spiro atoms. The molecule has 0 saturated heterocycles. The lowest BCUT2D eigenvalue weighted by Gasteiger charge is -2.06. The molecule has 3 aromatic rings. The third-order valence-corrected chi connectivity index (χ3v) is 2.79. The van der Waals surface area contributed by atoms with Crippen LogP contribution in [0, 0.1) is 6.92 Å². The summed E-state index contributed by atoms with van der Waals surface area (Å²) in [7, 11) is 0. The minimum Gasteiger partial charge on any atom is -0.259 e. The third-order valence-electron chi connectivity index (χ3n) is 2.79. The largest absolute Gasteiger partial charge is 0.259 e. The summed E-state index contributed by atoms with van der Waals surface area (Å²) in [5, 5.41) is 4.54. The van der Waals surface area contributed by atoms with E-state index in [9.17, 15) is 0 Å². The summed E-state index contributed by atoms with van der Waals surface area (Å²) in [6.45, 7) is 6.05. The molecule has 0 saturated carbocycles. The Morgan fingerprint density at radius 3 is 2.80 bits per heavy atom. The van der Waals surface area contributed by atoms with E-state index in [0.717, 1.165) is 21.8 Å². The van der Waals surface area contributed by atoms with Crippen LogP contribution in [0.2, 0.25) is 0 Å². The highest BCUT2D eigenvalue weighted by Crippen LogP contribution is 2.22. The Kier molecular flexibility index (Phi) is 1.54. The standard InChI is InChI=1S/C13H10N2/c1-8-3-4-10-5-6-14-11-7-15-9(2)12(8)13(10)11/h3-7H,1H2,2H3. The van der Waals surface area contributed by atoms with Gasteiger partial charge in [0.15, 0.2) is 0 Å². The zero-order chi connectivity index (χ0) is 10.4. The number of benzene rings is 1. The molecule has 1 aromatic carbocycles. The van der Waals surface area contributed by atoms with E-state index >= 15 is 0 Å². The summed E-state index contributed by atoms with van der Waals surface area (Å²) >= 11 is 0. The van der Waals surface area contributed by atoms with Gasteiger partial charge >= 0.3 is 0 Å². The van der Waals surface area contributed by atoms with Crippen LogP contribution in [-0.4, -0.2) is 9.97 Å². The number of hydrogen-bond acceptors (Lipinski definition) is 2. The minimum atomic E-state index is 0.943. The molecule has 0 aliphatic carbocycles. The molecule has 0 amide bonds. The highest BCUT2D eigenvalue weighted by Gasteiger charge is 2.05. The minimum absolute atomic E-state index is 0.943. The van der Waals surface area contributed by atoms with Crippen LogP contribution in [0.15, 0.2) is 30.6 Å². The van der Waals surface area contributed by atoms with Gasteiger partial charge in [-0.2, -0.15) is 0 Å². The molecular weight excluding hydrogens is 184 g/mol. The quantitative estimate of drug-likeness (QED) is 0.548. The smallest absolute Gasteiger partial charge is 0.0897 e. The Morgan fingerprint density at radius 2 is 1.93 bits per heavy atom. The number of aromatic nitrogens is 2. The van der Waals surface area contributed by atoms with Crippen LogP contribution in [0.5, 0.6) is 0 Å². The molecule has 0 aliphatic rings. The number of hydrogen-bond donors (Lipinski definition) is 0. The molecule has 2 heterocycles. The van der Waals surface area contributed by atoms with Gasteiger partial charge in [-0.05, 0) is 23.6 Å². The normalized spacial score (nSPS) is 11.3. The van der Waals surface area contributed by atoms with E-state index in [1.165, 1.54) is 10.8 Å². The number of nitrogens with zero attached hydrogens (tertiary/aromatic N) is 2. The lowest BCUT2D eigenvalue weighted by atomic mass is 10.0. The predicted molar refractivity (Wildman–Crippen MR) is 62.5 cm³/mol. The Balaban J connectivity index is 2.79. The van der Waals surface area contributed by atoms with Crippen LogP contribution in [0.25, 0.3) is 28.3 Å². The van der Waals surface area contributed by atoms with Crippen molar-refractivity contribution in [2.24, 2.45) is 0 Å². The SMILES string of the molecule is C=c1ccc2ccnc3cnc(C)c1c23. The van der Waals surface area contributed by atoms with Gasteiger partial charge in [0.25, 0.3) is 0 Å². The number of aryl methyl sites for hydroxylation is 1. The van der Waals surface area contributed by atoms with E-state index in [1.54, 1.807) is 0 Å². The van der Waals surface area contributed by atoms with E-state index in [0.29, 0.717) is 0 Å². The monoisotopic (exact) mass is 194 g/mol. The van der Waals surface area contributed by atoms with Crippen LogP contribution in [0.4, 0.5) is 0 Å². The lowest BCUT2D eigenvalue weighted by Crippen LogP contribution is -2.03. The van der Waals surface area contributed by atoms with Gasteiger partial charge in [-0.15, -0.1) is 0 Å². The fourth-order valence-corrected chi connectivity index (χ4v) is 2.07. The first-order valence-electron chi connectivity index (χ1n) is 4.89. The van der Waals surface area contributed by atoms with Crippen molar-refractivity contribution in [2.45, 2.75) is 6.92 Å². The fourth-order valence-electron chi connectivity index (χ4n) is 2.07. The summed E-state index contributed by atoms with van der Waals surface area (Å²) in [6, 6.07) is 6.14. The summed E-state index contributed by atoms with van der Waals surface area (Å²) < 4.78 is 0. The Labute approximate surface area is 87.3 Å². The molecule has 0 unspecified atom stereocenters. The Bertz CT molecular complexity index is 685. The number of rotatable bonds is 0. The molecule has 72 valence electrons. The van der Waals surface area contributed by atoms with Gasteiger partial charge in [-0.3, -0.25) is 9.97 Å². The molecule has 0 N–H and O–H groups in total. The zero-order valence-corrected chi connectivity index (χ0v) is 8.49. The maximum atomic E-state index is 4.35. The summed E-state index contributed by atoms with van der Waals surface area (Å²) in [5.74, 6) is 0. The topological polar surface area (TPSA) is 25.8 Å². The number of pyridine rings is 2. The second-order valence-electron chi connectivity index (χ2n) is 3.74. The first kappa shape index (κ1) is 8.36. The maximum absolute atomic E-state index is 4.35. The fraction of sp³-hybridized carbons (Fsp3) is 0.0769. The van der Waals surface area contributed by atoms with Crippen LogP contribution in [-0.2, 0) is 0 Å². The van der Waals surface area contributed by atoms with Crippen molar-refractivity contribution in [3.8, 4) is 0 Å². The van der Waals surface area contributed by atoms with Gasteiger partial charge in [-0.1, -0.05) is 18.7 Å². The van der Waals surface area contributed by atoms with Crippen molar-refractivity contribution in [1.29, 1.82) is 0 Å². The lowest BCUT2D eigenvalue weighted by molar-refractivity contribution is 1.23. The van der Waals surface area contributed by atoms with Crippen LogP contribution < -0.4 is 5.22 Å². The average Bonchev–Trinajstić information content (AvgIpc) is 2.25. The molecule has 2 heteroatoms. The molecule has 0 fully saturated rings. The van der Waals surface area contributed by atoms with Crippen molar-refractivity contribution < 1.29 is 0 Å². The second-order valence-corrected chi connectivity index (χ2v) is 3.74. The van der Waals surface area contributed by atoms with Gasteiger partial charge in [0.05, 0.1) is 11.7 Å². The summed E-state index contributed by atoms with van der Waals surface area (Å²) in [6.07, 6.45) is 3.64. The van der Waals surface area contributed by atoms with E-state index in [-0.39, 0.29) is 0 Å². The highest BCUT2D eigenvalue weighted by molar-refractivity contribution is 6.08. The van der Waals surface area contributed by atoms with E-state index < -0.39 is 0 Å². The Hall–Kier alpha value is -1.96. The molecule has 0 radical (unpaired) electrons.